The lowest BCUT2D eigenvalue weighted by Gasteiger charge is -2.19. The SMILES string of the molecule is CC(Oc1ccc(CN)cc1Br)C(=O)NC1CCCC1. The highest BCUT2D eigenvalue weighted by Crippen LogP contribution is 2.27. The molecule has 1 atom stereocenters. The maximum Gasteiger partial charge on any atom is 0.260 e. The van der Waals surface area contributed by atoms with E-state index in [1.54, 1.807) is 6.92 Å². The molecule has 5 heteroatoms. The molecule has 110 valence electrons. The standard InChI is InChI=1S/C15H21BrN2O2/c1-10(15(19)18-12-4-2-3-5-12)20-14-7-6-11(9-17)8-13(14)16/h6-8,10,12H,2-5,9,17H2,1H3,(H,18,19). The van der Waals surface area contributed by atoms with Gasteiger partial charge in [0.15, 0.2) is 6.10 Å². The molecule has 2 rings (SSSR count). The van der Waals surface area contributed by atoms with E-state index in [0.717, 1.165) is 22.9 Å². The molecular weight excluding hydrogens is 320 g/mol. The smallest absolute Gasteiger partial charge is 0.260 e. The van der Waals surface area contributed by atoms with Crippen LogP contribution < -0.4 is 15.8 Å². The van der Waals surface area contributed by atoms with Crippen molar-refractivity contribution in [2.24, 2.45) is 5.73 Å². The number of amides is 1. The van der Waals surface area contributed by atoms with Crippen LogP contribution in [0.15, 0.2) is 22.7 Å². The summed E-state index contributed by atoms with van der Waals surface area (Å²) in [4.78, 5) is 12.1. The number of nitrogens with two attached hydrogens (primary N) is 1. The Bertz CT molecular complexity index is 473. The van der Waals surface area contributed by atoms with Gasteiger partial charge in [0, 0.05) is 12.6 Å². The molecule has 0 aliphatic heterocycles. The molecule has 0 spiro atoms. The van der Waals surface area contributed by atoms with Crippen molar-refractivity contribution in [2.75, 3.05) is 0 Å². The Hall–Kier alpha value is -1.07. The molecule has 3 N–H and O–H groups in total. The Morgan fingerprint density at radius 3 is 2.80 bits per heavy atom. The predicted molar refractivity (Wildman–Crippen MR) is 82.5 cm³/mol. The van der Waals surface area contributed by atoms with Gasteiger partial charge < -0.3 is 15.8 Å². The van der Waals surface area contributed by atoms with E-state index in [-0.39, 0.29) is 5.91 Å². The van der Waals surface area contributed by atoms with Crippen LogP contribution in [0.1, 0.15) is 38.2 Å². The average Bonchev–Trinajstić information content (AvgIpc) is 2.93. The molecule has 1 fully saturated rings. The molecule has 20 heavy (non-hydrogen) atoms. The maximum absolute atomic E-state index is 12.1. The van der Waals surface area contributed by atoms with Crippen LogP contribution in [0.4, 0.5) is 0 Å². The van der Waals surface area contributed by atoms with Crippen LogP contribution in [-0.4, -0.2) is 18.1 Å². The average molecular weight is 341 g/mol. The molecule has 0 radical (unpaired) electrons. The lowest BCUT2D eigenvalue weighted by molar-refractivity contribution is -0.128. The van der Waals surface area contributed by atoms with Gasteiger partial charge >= 0.3 is 0 Å². The molecule has 1 amide bonds. The van der Waals surface area contributed by atoms with Crippen molar-refractivity contribution in [3.05, 3.63) is 28.2 Å². The highest BCUT2D eigenvalue weighted by atomic mass is 79.9. The van der Waals surface area contributed by atoms with Crippen molar-refractivity contribution in [1.29, 1.82) is 0 Å². The van der Waals surface area contributed by atoms with Gasteiger partial charge in [0.05, 0.1) is 4.47 Å². The summed E-state index contributed by atoms with van der Waals surface area (Å²) in [6.07, 6.45) is 4.05. The third kappa shape index (κ3) is 3.96. The summed E-state index contributed by atoms with van der Waals surface area (Å²) in [5.41, 5.74) is 6.60. The first-order valence-corrected chi connectivity index (χ1v) is 7.85. The van der Waals surface area contributed by atoms with Crippen LogP contribution in [0.5, 0.6) is 5.75 Å². The normalized spacial score (nSPS) is 16.9. The molecule has 1 unspecified atom stereocenters. The zero-order chi connectivity index (χ0) is 14.5. The Morgan fingerprint density at radius 2 is 2.20 bits per heavy atom. The maximum atomic E-state index is 12.1. The fourth-order valence-corrected chi connectivity index (χ4v) is 2.92. The molecule has 0 heterocycles. The highest BCUT2D eigenvalue weighted by Gasteiger charge is 2.22. The molecular formula is C15H21BrN2O2. The van der Waals surface area contributed by atoms with Crippen LogP contribution >= 0.6 is 15.9 Å². The fraction of sp³-hybridized carbons (Fsp3) is 0.533. The minimum Gasteiger partial charge on any atom is -0.480 e. The predicted octanol–water partition coefficient (Wildman–Crippen LogP) is 2.73. The lowest BCUT2D eigenvalue weighted by Crippen LogP contribution is -2.41. The summed E-state index contributed by atoms with van der Waals surface area (Å²) in [6.45, 7) is 2.25. The molecule has 4 nitrogen and oxygen atoms in total. The number of hydrogen-bond donors (Lipinski definition) is 2. The summed E-state index contributed by atoms with van der Waals surface area (Å²) in [6, 6.07) is 5.97. The monoisotopic (exact) mass is 340 g/mol. The Kier molecular flexibility index (Phi) is 5.43. The lowest BCUT2D eigenvalue weighted by atomic mass is 10.2. The molecule has 0 bridgehead atoms. The minimum absolute atomic E-state index is 0.0494. The molecule has 0 aromatic heterocycles. The number of nitrogens with one attached hydrogen (secondary N) is 1. The van der Waals surface area contributed by atoms with E-state index in [0.29, 0.717) is 18.3 Å². The summed E-state index contributed by atoms with van der Waals surface area (Å²) >= 11 is 3.44. The van der Waals surface area contributed by atoms with E-state index in [9.17, 15) is 4.79 Å². The van der Waals surface area contributed by atoms with Crippen molar-refractivity contribution in [3.8, 4) is 5.75 Å². The van der Waals surface area contributed by atoms with Gasteiger partial charge in [-0.25, -0.2) is 0 Å². The van der Waals surface area contributed by atoms with Crippen molar-refractivity contribution < 1.29 is 9.53 Å². The van der Waals surface area contributed by atoms with Crippen LogP contribution in [0.3, 0.4) is 0 Å². The molecule has 1 aromatic rings. The number of benzene rings is 1. The minimum atomic E-state index is -0.504. The molecule has 1 saturated carbocycles. The number of carbonyl (C=O) groups excluding carboxylic acids is 1. The second-order valence-corrected chi connectivity index (χ2v) is 6.07. The van der Waals surface area contributed by atoms with Crippen LogP contribution in [0.25, 0.3) is 0 Å². The van der Waals surface area contributed by atoms with Gasteiger partial charge in [-0.15, -0.1) is 0 Å². The number of halogens is 1. The van der Waals surface area contributed by atoms with E-state index >= 15 is 0 Å². The van der Waals surface area contributed by atoms with Crippen molar-refractivity contribution in [2.45, 2.75) is 51.3 Å². The summed E-state index contributed by atoms with van der Waals surface area (Å²) < 4.78 is 6.54. The molecule has 1 aromatic carbocycles. The fourth-order valence-electron chi connectivity index (χ4n) is 2.40. The second-order valence-electron chi connectivity index (χ2n) is 5.22. The summed E-state index contributed by atoms with van der Waals surface area (Å²) in [5.74, 6) is 0.614. The van der Waals surface area contributed by atoms with Gasteiger partial charge in [-0.05, 0) is 53.4 Å². The topological polar surface area (TPSA) is 64.3 Å². The van der Waals surface area contributed by atoms with E-state index in [4.69, 9.17) is 10.5 Å². The van der Waals surface area contributed by atoms with Crippen LogP contribution in [-0.2, 0) is 11.3 Å². The van der Waals surface area contributed by atoms with E-state index in [2.05, 4.69) is 21.2 Å². The van der Waals surface area contributed by atoms with Crippen molar-refractivity contribution >= 4 is 21.8 Å². The summed E-state index contributed by atoms with van der Waals surface area (Å²) in [7, 11) is 0. The quantitative estimate of drug-likeness (QED) is 0.866. The van der Waals surface area contributed by atoms with Gasteiger partial charge in [0.1, 0.15) is 5.75 Å². The highest BCUT2D eigenvalue weighted by molar-refractivity contribution is 9.10. The van der Waals surface area contributed by atoms with Crippen LogP contribution in [0.2, 0.25) is 0 Å². The zero-order valence-electron chi connectivity index (χ0n) is 11.7. The number of ether oxygens (including phenoxy) is 1. The van der Waals surface area contributed by atoms with E-state index in [1.165, 1.54) is 12.8 Å². The first-order valence-electron chi connectivity index (χ1n) is 7.05. The zero-order valence-corrected chi connectivity index (χ0v) is 13.3. The summed E-state index contributed by atoms with van der Waals surface area (Å²) in [5, 5.41) is 3.04. The first-order chi connectivity index (χ1) is 9.60. The number of carbonyl (C=O) groups is 1. The second kappa shape index (κ2) is 7.09. The van der Waals surface area contributed by atoms with Crippen LogP contribution in [0, 0.1) is 0 Å². The molecule has 1 aliphatic rings. The third-order valence-corrected chi connectivity index (χ3v) is 4.23. The van der Waals surface area contributed by atoms with E-state index < -0.39 is 6.10 Å². The van der Waals surface area contributed by atoms with Gasteiger partial charge in [0.2, 0.25) is 0 Å². The molecule has 0 saturated heterocycles. The number of hydrogen-bond acceptors (Lipinski definition) is 3. The van der Waals surface area contributed by atoms with Gasteiger partial charge in [-0.2, -0.15) is 0 Å². The van der Waals surface area contributed by atoms with Crippen molar-refractivity contribution in [1.82, 2.24) is 5.32 Å². The largest absolute Gasteiger partial charge is 0.480 e. The Labute approximate surface area is 128 Å². The van der Waals surface area contributed by atoms with E-state index in [1.807, 2.05) is 18.2 Å². The number of rotatable bonds is 5. The van der Waals surface area contributed by atoms with Crippen molar-refractivity contribution in [3.63, 3.8) is 0 Å². The Balaban J connectivity index is 1.92. The Morgan fingerprint density at radius 1 is 1.50 bits per heavy atom. The molecule has 1 aliphatic carbocycles. The van der Waals surface area contributed by atoms with Gasteiger partial charge in [-0.1, -0.05) is 18.9 Å². The van der Waals surface area contributed by atoms with Gasteiger partial charge in [-0.3, -0.25) is 4.79 Å². The first kappa shape index (κ1) is 15.3. The van der Waals surface area contributed by atoms with Gasteiger partial charge in [0.25, 0.3) is 5.91 Å². The third-order valence-electron chi connectivity index (χ3n) is 3.61.